The lowest BCUT2D eigenvalue weighted by molar-refractivity contribution is -0.216. The number of aliphatic hydroxyl groups is 1. The number of benzene rings is 1. The van der Waals surface area contributed by atoms with Crippen molar-refractivity contribution in [2.75, 3.05) is 6.61 Å². The third-order valence-electron chi connectivity index (χ3n) is 4.66. The van der Waals surface area contributed by atoms with Gasteiger partial charge in [0.2, 0.25) is 0 Å². The maximum atomic E-state index is 14.2. The predicted octanol–water partition coefficient (Wildman–Crippen LogP) is 2.84. The number of hydrogen-bond acceptors (Lipinski definition) is 3. The van der Waals surface area contributed by atoms with E-state index in [4.69, 9.17) is 16.3 Å². The molecular weight excluding hydrogens is 328 g/mol. The van der Waals surface area contributed by atoms with Crippen molar-refractivity contribution >= 4 is 17.5 Å². The molecule has 0 radical (unpaired) electrons. The van der Waals surface area contributed by atoms with Gasteiger partial charge in [-0.1, -0.05) is 23.7 Å². The van der Waals surface area contributed by atoms with Crippen LogP contribution < -0.4 is 5.32 Å². The Labute approximate surface area is 137 Å². The van der Waals surface area contributed by atoms with E-state index in [0.29, 0.717) is 24.5 Å². The van der Waals surface area contributed by atoms with Crippen LogP contribution in [-0.2, 0) is 9.53 Å². The third-order valence-corrected chi connectivity index (χ3v) is 4.91. The molecule has 1 heterocycles. The Kier molecular flexibility index (Phi) is 4.33. The van der Waals surface area contributed by atoms with Crippen LogP contribution in [0.2, 0.25) is 5.02 Å². The smallest absolute Gasteiger partial charge is 0.352 e. The topological polar surface area (TPSA) is 58.6 Å². The van der Waals surface area contributed by atoms with Crippen LogP contribution in [0.25, 0.3) is 0 Å². The van der Waals surface area contributed by atoms with Crippen molar-refractivity contribution in [2.45, 2.75) is 49.4 Å². The lowest BCUT2D eigenvalue weighted by Crippen LogP contribution is -2.61. The first-order valence-corrected chi connectivity index (χ1v) is 7.99. The maximum absolute atomic E-state index is 14.2. The zero-order valence-corrected chi connectivity index (χ0v) is 13.2. The standard InChI is InChI=1S/C16H18ClF2NO3/c17-11-4-2-10(3-5-11)13-12(6-9-23-13)20-14(21)16(18,19)15(22)7-1-8-15/h2-5,12-13,22H,1,6-9H2,(H,20,21). The summed E-state index contributed by atoms with van der Waals surface area (Å²) >= 11 is 5.83. The molecular formula is C16H18ClF2NO3. The summed E-state index contributed by atoms with van der Waals surface area (Å²) in [5, 5.41) is 12.7. The SMILES string of the molecule is O=C(NC1CCOC1c1ccc(Cl)cc1)C(F)(F)C1(O)CCC1. The molecule has 0 spiro atoms. The highest BCUT2D eigenvalue weighted by atomic mass is 35.5. The second-order valence-corrected chi connectivity index (χ2v) is 6.61. The number of hydrogen-bond donors (Lipinski definition) is 2. The molecule has 1 aliphatic heterocycles. The minimum Gasteiger partial charge on any atom is -0.383 e. The van der Waals surface area contributed by atoms with Gasteiger partial charge in [0.05, 0.1) is 6.04 Å². The van der Waals surface area contributed by atoms with E-state index >= 15 is 0 Å². The molecule has 1 amide bonds. The first-order chi connectivity index (χ1) is 10.8. The lowest BCUT2D eigenvalue weighted by atomic mass is 9.75. The first-order valence-electron chi connectivity index (χ1n) is 7.62. The monoisotopic (exact) mass is 345 g/mol. The zero-order chi connectivity index (χ0) is 16.7. The highest BCUT2D eigenvalue weighted by Crippen LogP contribution is 2.44. The fraction of sp³-hybridized carbons (Fsp3) is 0.562. The molecule has 2 unspecified atom stereocenters. The molecule has 3 rings (SSSR count). The van der Waals surface area contributed by atoms with Gasteiger partial charge in [-0.2, -0.15) is 8.78 Å². The number of halogens is 3. The van der Waals surface area contributed by atoms with Crippen molar-refractivity contribution < 1.29 is 23.4 Å². The largest absolute Gasteiger partial charge is 0.383 e. The van der Waals surface area contributed by atoms with Crippen LogP contribution in [0, 0.1) is 0 Å². The van der Waals surface area contributed by atoms with E-state index < -0.39 is 29.6 Å². The number of nitrogens with one attached hydrogen (secondary N) is 1. The summed E-state index contributed by atoms with van der Waals surface area (Å²) in [5.74, 6) is -5.23. The van der Waals surface area contributed by atoms with E-state index in [-0.39, 0.29) is 12.8 Å². The van der Waals surface area contributed by atoms with Crippen LogP contribution in [-0.4, -0.2) is 35.2 Å². The molecule has 2 fully saturated rings. The van der Waals surface area contributed by atoms with E-state index in [9.17, 15) is 18.7 Å². The molecule has 0 bridgehead atoms. The Balaban J connectivity index is 1.71. The molecule has 1 saturated carbocycles. The van der Waals surface area contributed by atoms with Gasteiger partial charge in [-0.05, 0) is 43.4 Å². The van der Waals surface area contributed by atoms with Crippen molar-refractivity contribution in [2.24, 2.45) is 0 Å². The summed E-state index contributed by atoms with van der Waals surface area (Å²) < 4.78 is 33.9. The molecule has 1 aromatic carbocycles. The van der Waals surface area contributed by atoms with Crippen molar-refractivity contribution in [1.29, 1.82) is 0 Å². The summed E-state index contributed by atoms with van der Waals surface area (Å²) in [6, 6.07) is 6.30. The van der Waals surface area contributed by atoms with E-state index in [1.165, 1.54) is 0 Å². The number of rotatable bonds is 4. The number of carbonyl (C=O) groups excluding carboxylic acids is 1. The molecule has 2 N–H and O–H groups in total. The fourth-order valence-corrected chi connectivity index (χ4v) is 3.14. The first kappa shape index (κ1) is 16.6. The Morgan fingerprint density at radius 3 is 2.57 bits per heavy atom. The second-order valence-electron chi connectivity index (χ2n) is 6.17. The Hall–Kier alpha value is -1.24. The quantitative estimate of drug-likeness (QED) is 0.882. The number of ether oxygens (including phenoxy) is 1. The van der Waals surface area contributed by atoms with Crippen molar-refractivity contribution in [3.05, 3.63) is 34.9 Å². The summed E-state index contributed by atoms with van der Waals surface area (Å²) in [6.45, 7) is 0.369. The van der Waals surface area contributed by atoms with Crippen LogP contribution in [0.4, 0.5) is 8.78 Å². The van der Waals surface area contributed by atoms with E-state index in [0.717, 1.165) is 5.56 Å². The molecule has 1 aromatic rings. The van der Waals surface area contributed by atoms with Crippen molar-refractivity contribution in [1.82, 2.24) is 5.32 Å². The molecule has 2 aliphatic rings. The van der Waals surface area contributed by atoms with Gasteiger partial charge in [0.25, 0.3) is 5.91 Å². The lowest BCUT2D eigenvalue weighted by Gasteiger charge is -2.41. The highest BCUT2D eigenvalue weighted by molar-refractivity contribution is 6.30. The van der Waals surface area contributed by atoms with Crippen molar-refractivity contribution in [3.63, 3.8) is 0 Å². The minimum atomic E-state index is -3.79. The number of amides is 1. The van der Waals surface area contributed by atoms with Gasteiger partial charge in [-0.25, -0.2) is 0 Å². The zero-order valence-electron chi connectivity index (χ0n) is 12.4. The van der Waals surface area contributed by atoms with Gasteiger partial charge < -0.3 is 15.2 Å². The van der Waals surface area contributed by atoms with Gasteiger partial charge >= 0.3 is 5.92 Å². The van der Waals surface area contributed by atoms with Crippen molar-refractivity contribution in [3.8, 4) is 0 Å². The number of alkyl halides is 2. The van der Waals surface area contributed by atoms with Crippen LogP contribution >= 0.6 is 11.6 Å². The molecule has 126 valence electrons. The molecule has 7 heteroatoms. The second kappa shape index (κ2) is 6.00. The normalized spacial score (nSPS) is 26.6. The van der Waals surface area contributed by atoms with E-state index in [1.54, 1.807) is 24.3 Å². The Morgan fingerprint density at radius 2 is 2.00 bits per heavy atom. The summed E-state index contributed by atoms with van der Waals surface area (Å²) in [4.78, 5) is 12.0. The van der Waals surface area contributed by atoms with E-state index in [2.05, 4.69) is 5.32 Å². The molecule has 1 aliphatic carbocycles. The van der Waals surface area contributed by atoms with Crippen LogP contribution in [0.1, 0.15) is 37.4 Å². The summed E-state index contributed by atoms with van der Waals surface area (Å²) in [5.41, 5.74) is -1.45. The molecule has 2 atom stereocenters. The Morgan fingerprint density at radius 1 is 1.35 bits per heavy atom. The molecule has 4 nitrogen and oxygen atoms in total. The van der Waals surface area contributed by atoms with E-state index in [1.807, 2.05) is 0 Å². The predicted molar refractivity (Wildman–Crippen MR) is 80.4 cm³/mol. The number of carbonyl (C=O) groups is 1. The average Bonchev–Trinajstić information content (AvgIpc) is 2.93. The van der Waals surface area contributed by atoms with Crippen LogP contribution in [0.5, 0.6) is 0 Å². The van der Waals surface area contributed by atoms with Gasteiger partial charge in [0, 0.05) is 11.6 Å². The van der Waals surface area contributed by atoms with Gasteiger partial charge in [0.1, 0.15) is 11.7 Å². The minimum absolute atomic E-state index is 0.0603. The van der Waals surface area contributed by atoms with Gasteiger partial charge in [-0.3, -0.25) is 4.79 Å². The van der Waals surface area contributed by atoms with Gasteiger partial charge in [0.15, 0.2) is 0 Å². The summed E-state index contributed by atoms with van der Waals surface area (Å²) in [7, 11) is 0. The van der Waals surface area contributed by atoms with Gasteiger partial charge in [-0.15, -0.1) is 0 Å². The third kappa shape index (κ3) is 2.95. The average molecular weight is 346 g/mol. The van der Waals surface area contributed by atoms with Crippen LogP contribution in [0.15, 0.2) is 24.3 Å². The molecule has 0 aromatic heterocycles. The highest BCUT2D eigenvalue weighted by Gasteiger charge is 2.61. The Bertz CT molecular complexity index is 589. The maximum Gasteiger partial charge on any atom is 0.352 e. The summed E-state index contributed by atoms with van der Waals surface area (Å²) in [6.07, 6.45) is 0.320. The van der Waals surface area contributed by atoms with Crippen LogP contribution in [0.3, 0.4) is 0 Å². The molecule has 1 saturated heterocycles. The molecule has 23 heavy (non-hydrogen) atoms. The fourth-order valence-electron chi connectivity index (χ4n) is 3.01.